The van der Waals surface area contributed by atoms with Gasteiger partial charge in [-0.15, -0.1) is 0 Å². The molecular formula is C14H24O8. The van der Waals surface area contributed by atoms with Crippen LogP contribution < -0.4 is 0 Å². The Hall–Kier alpha value is -1.22. The highest BCUT2D eigenvalue weighted by Gasteiger charge is 2.48. The van der Waals surface area contributed by atoms with Crippen molar-refractivity contribution >= 4 is 11.9 Å². The second kappa shape index (κ2) is 8.42. The van der Waals surface area contributed by atoms with E-state index in [1.807, 2.05) is 0 Å². The smallest absolute Gasteiger partial charge is 0.335 e. The molecule has 0 aromatic carbocycles. The summed E-state index contributed by atoms with van der Waals surface area (Å²) in [4.78, 5) is 23.7. The molecule has 0 aliphatic carbocycles. The summed E-state index contributed by atoms with van der Waals surface area (Å²) in [6.07, 6.45) is -17.0. The summed E-state index contributed by atoms with van der Waals surface area (Å²) >= 11 is 0. The molecule has 128 valence electrons. The minimum Gasteiger partial charge on any atom is -0.479 e. The molecule has 0 amide bonds. The third-order valence-electron chi connectivity index (χ3n) is 3.02. The van der Waals surface area contributed by atoms with Crippen molar-refractivity contribution in [3.8, 4) is 0 Å². The Balaban J connectivity index is 3.20. The van der Waals surface area contributed by atoms with E-state index in [0.717, 1.165) is 0 Å². The second-order valence-electron chi connectivity index (χ2n) is 4.67. The normalized spacial score (nSPS) is 39.9. The molecule has 0 radical (unpaired) electrons. The Labute approximate surface area is 137 Å². The van der Waals surface area contributed by atoms with Gasteiger partial charge >= 0.3 is 11.9 Å². The van der Waals surface area contributed by atoms with E-state index in [9.17, 15) is 24.9 Å². The van der Waals surface area contributed by atoms with Gasteiger partial charge in [-0.25, -0.2) is 4.79 Å². The minimum atomic E-state index is -3.20. The largest absolute Gasteiger partial charge is 0.479 e. The third kappa shape index (κ3) is 4.39. The van der Waals surface area contributed by atoms with Crippen LogP contribution in [0.4, 0.5) is 0 Å². The zero-order chi connectivity index (χ0) is 22.1. The van der Waals surface area contributed by atoms with Crippen LogP contribution in [0.1, 0.15) is 47.6 Å². The highest BCUT2D eigenvalue weighted by atomic mass is 16.7. The maximum Gasteiger partial charge on any atom is 0.335 e. The molecule has 0 aromatic heterocycles. The molecule has 0 saturated carbocycles. The maximum absolute atomic E-state index is 12.6. The lowest BCUT2D eigenvalue weighted by Crippen LogP contribution is -2.60. The lowest BCUT2D eigenvalue weighted by Gasteiger charge is -2.38. The number of aliphatic carboxylic acids is 1. The Morgan fingerprint density at radius 3 is 2.59 bits per heavy atom. The van der Waals surface area contributed by atoms with Crippen LogP contribution in [-0.2, 0) is 19.1 Å². The van der Waals surface area contributed by atoms with Crippen molar-refractivity contribution in [1.82, 2.24) is 0 Å². The summed E-state index contributed by atoms with van der Waals surface area (Å²) in [6, 6.07) is 0. The number of carboxylic acid groups (broad SMARTS) is 1. The number of carboxylic acids is 1. The number of aliphatic hydroxyl groups excluding tert-OH is 3. The van der Waals surface area contributed by atoms with Gasteiger partial charge in [0.2, 0.25) is 6.29 Å². The van der Waals surface area contributed by atoms with Gasteiger partial charge < -0.3 is 29.9 Å². The van der Waals surface area contributed by atoms with Crippen molar-refractivity contribution in [3.63, 3.8) is 0 Å². The monoisotopic (exact) mass is 326 g/mol. The minimum absolute atomic E-state index is 0.0549. The molecule has 8 heteroatoms. The van der Waals surface area contributed by atoms with Crippen LogP contribution in [0.25, 0.3) is 0 Å². The van der Waals surface area contributed by atoms with Gasteiger partial charge in [0.1, 0.15) is 18.3 Å². The predicted octanol–water partition coefficient (Wildman–Crippen LogP) is -0.362. The molecule has 1 saturated heterocycles. The average molecular weight is 326 g/mol. The topological polar surface area (TPSA) is 134 Å². The van der Waals surface area contributed by atoms with Crippen LogP contribution in [0.2, 0.25) is 0 Å². The van der Waals surface area contributed by atoms with E-state index in [2.05, 4.69) is 0 Å². The summed E-state index contributed by atoms with van der Waals surface area (Å²) in [5.74, 6) is -6.27. The number of rotatable bonds is 7. The molecule has 1 heterocycles. The lowest BCUT2D eigenvalue weighted by molar-refractivity contribution is -0.287. The predicted molar refractivity (Wildman–Crippen MR) is 73.7 cm³/mol. The molecule has 1 aliphatic heterocycles. The average Bonchev–Trinajstić information content (AvgIpc) is 2.61. The first-order chi connectivity index (χ1) is 12.7. The molecule has 8 nitrogen and oxygen atoms in total. The molecule has 1 fully saturated rings. The van der Waals surface area contributed by atoms with Crippen molar-refractivity contribution in [2.45, 2.75) is 70.1 Å². The van der Waals surface area contributed by atoms with Crippen molar-refractivity contribution in [1.29, 1.82) is 0 Å². The number of carbonyl (C=O) groups excluding carboxylic acids is 1. The van der Waals surface area contributed by atoms with E-state index in [1.54, 1.807) is 0 Å². The van der Waals surface area contributed by atoms with Gasteiger partial charge in [-0.3, -0.25) is 4.79 Å². The molecule has 22 heavy (non-hydrogen) atoms. The van der Waals surface area contributed by atoms with Gasteiger partial charge in [-0.2, -0.15) is 0 Å². The second-order valence-corrected chi connectivity index (χ2v) is 4.67. The van der Waals surface area contributed by atoms with Crippen molar-refractivity contribution < 1.29 is 47.7 Å². The molecule has 0 spiro atoms. The zero-order valence-electron chi connectivity index (χ0n) is 17.9. The SMILES string of the molecule is [2H]CC([2H])([2H])C([2H])([2H])C([2H])(CCC)C(=O)O[C@@H]1O[C@H](C(=O)O)[C@@H](O)[C@H](O)[C@H]1O. The number of aliphatic hydroxyl groups is 3. The van der Waals surface area contributed by atoms with Crippen LogP contribution in [0.3, 0.4) is 0 Å². The highest BCUT2D eigenvalue weighted by Crippen LogP contribution is 2.24. The number of hydrogen-bond donors (Lipinski definition) is 4. The molecule has 1 unspecified atom stereocenters. The van der Waals surface area contributed by atoms with Crippen LogP contribution in [0.15, 0.2) is 0 Å². The van der Waals surface area contributed by atoms with E-state index < -0.39 is 74.6 Å². The summed E-state index contributed by atoms with van der Waals surface area (Å²) in [5, 5.41) is 38.2. The molecule has 4 N–H and O–H groups in total. The third-order valence-corrected chi connectivity index (χ3v) is 3.02. The van der Waals surface area contributed by atoms with E-state index in [-0.39, 0.29) is 6.42 Å². The van der Waals surface area contributed by atoms with Gasteiger partial charge in [-0.05, 0) is 12.8 Å². The fourth-order valence-corrected chi connectivity index (χ4v) is 1.90. The number of ether oxygens (including phenoxy) is 2. The molecule has 1 rings (SSSR count). The van der Waals surface area contributed by atoms with E-state index in [1.165, 1.54) is 6.92 Å². The Morgan fingerprint density at radius 2 is 2.05 bits per heavy atom. The summed E-state index contributed by atoms with van der Waals surface area (Å²) in [7, 11) is 0. The zero-order valence-corrected chi connectivity index (χ0v) is 11.9. The fraction of sp³-hybridized carbons (Fsp3) is 0.857. The number of hydrogen-bond acceptors (Lipinski definition) is 7. The first-order valence-electron chi connectivity index (χ1n) is 9.81. The van der Waals surface area contributed by atoms with Crippen molar-refractivity contribution in [3.05, 3.63) is 0 Å². The van der Waals surface area contributed by atoms with Crippen LogP contribution in [0, 0.1) is 5.89 Å². The quantitative estimate of drug-likeness (QED) is 0.466. The Bertz CT molecular complexity index is 590. The molecular weight excluding hydrogens is 296 g/mol. The first kappa shape index (κ1) is 11.3. The molecule has 6 atom stereocenters. The summed E-state index contributed by atoms with van der Waals surface area (Å²) < 4.78 is 56.2. The molecule has 0 aromatic rings. The first-order valence-corrected chi connectivity index (χ1v) is 6.60. The van der Waals surface area contributed by atoms with Gasteiger partial charge in [0.15, 0.2) is 6.10 Å². The van der Waals surface area contributed by atoms with E-state index in [0.29, 0.717) is 0 Å². The molecule has 0 bridgehead atoms. The van der Waals surface area contributed by atoms with Gasteiger partial charge in [0.25, 0.3) is 0 Å². The summed E-state index contributed by atoms with van der Waals surface area (Å²) in [6.45, 7) is 0.404. The summed E-state index contributed by atoms with van der Waals surface area (Å²) in [5.41, 5.74) is 0. The van der Waals surface area contributed by atoms with E-state index in [4.69, 9.17) is 22.8 Å². The van der Waals surface area contributed by atoms with Gasteiger partial charge in [0.05, 0.1) is 5.89 Å². The van der Waals surface area contributed by atoms with E-state index >= 15 is 0 Å². The Morgan fingerprint density at radius 1 is 1.36 bits per heavy atom. The number of carbonyl (C=O) groups is 2. The lowest BCUT2D eigenvalue weighted by atomic mass is 9.97. The fourth-order valence-electron chi connectivity index (χ4n) is 1.90. The van der Waals surface area contributed by atoms with Gasteiger partial charge in [0, 0.05) is 8.22 Å². The van der Waals surface area contributed by atoms with Crippen LogP contribution >= 0.6 is 0 Å². The van der Waals surface area contributed by atoms with Crippen molar-refractivity contribution in [2.75, 3.05) is 0 Å². The standard InChI is InChI=1S/C14H24O8/c1-3-5-7(6-4-2)13(20)22-14-10(17)8(15)9(16)11(21-14)12(18)19/h7-11,14-17H,3-6H2,1-2H3,(H,18,19)/t8-,9-,10+,11-,14-/m0/s1/i1D,3D2,5D2,7D/t7?,8-,9-,10+,11-,14-. The van der Waals surface area contributed by atoms with Crippen LogP contribution in [0.5, 0.6) is 0 Å². The van der Waals surface area contributed by atoms with Crippen LogP contribution in [-0.4, -0.2) is 63.1 Å². The Kier molecular flexibility index (Phi) is 4.34. The highest BCUT2D eigenvalue weighted by molar-refractivity contribution is 5.74. The number of esters is 1. The van der Waals surface area contributed by atoms with Gasteiger partial charge in [-0.1, -0.05) is 26.6 Å². The maximum atomic E-state index is 12.6. The van der Waals surface area contributed by atoms with Crippen molar-refractivity contribution in [2.24, 2.45) is 5.89 Å². The molecule has 1 aliphatic rings.